The SMILES string of the molecule is Cc1ccc(N2OC3C(=O)N(c4ccccc4)C(=O)C3C2C2(c3ccccc3)CC2(Cl)Cl)cc1. The molecule has 4 unspecified atom stereocenters. The summed E-state index contributed by atoms with van der Waals surface area (Å²) in [4.78, 5) is 34.9. The molecule has 0 bridgehead atoms. The van der Waals surface area contributed by atoms with E-state index >= 15 is 0 Å². The van der Waals surface area contributed by atoms with Crippen LogP contribution in [0.4, 0.5) is 11.4 Å². The Morgan fingerprint density at radius 2 is 1.41 bits per heavy atom. The van der Waals surface area contributed by atoms with Crippen LogP contribution in [0.2, 0.25) is 0 Å². The minimum atomic E-state index is -1.11. The molecule has 3 aromatic rings. The van der Waals surface area contributed by atoms with Gasteiger partial charge >= 0.3 is 0 Å². The third kappa shape index (κ3) is 2.97. The van der Waals surface area contributed by atoms with Gasteiger partial charge in [0.05, 0.1) is 22.8 Å². The van der Waals surface area contributed by atoms with Gasteiger partial charge in [-0.05, 0) is 43.2 Å². The molecule has 3 aliphatic rings. The fraction of sp³-hybridized carbons (Fsp3) is 0.259. The average molecular weight is 493 g/mol. The molecule has 1 saturated carbocycles. The number of halogens is 2. The first-order valence-corrected chi connectivity index (χ1v) is 12.0. The van der Waals surface area contributed by atoms with Crippen molar-refractivity contribution in [3.05, 3.63) is 96.1 Å². The van der Waals surface area contributed by atoms with Crippen molar-refractivity contribution in [3.63, 3.8) is 0 Å². The standard InChI is InChI=1S/C27H22Cl2N2O3/c1-17-12-14-20(15-13-17)31-23(26(16-27(26,28)29)18-8-4-2-5-9-18)21-22(34-31)25(33)30(24(21)32)19-10-6-3-7-11-19/h2-15,21-23H,16H2,1H3. The highest BCUT2D eigenvalue weighted by Gasteiger charge is 2.78. The van der Waals surface area contributed by atoms with Crippen LogP contribution in [0.25, 0.3) is 0 Å². The van der Waals surface area contributed by atoms with Crippen molar-refractivity contribution in [1.82, 2.24) is 0 Å². The zero-order chi connectivity index (χ0) is 23.7. The smallest absolute Gasteiger partial charge is 0.266 e. The molecule has 0 radical (unpaired) electrons. The number of rotatable bonds is 4. The molecule has 34 heavy (non-hydrogen) atoms. The molecular weight excluding hydrogens is 471 g/mol. The van der Waals surface area contributed by atoms with Crippen LogP contribution >= 0.6 is 23.2 Å². The number of amides is 2. The first-order chi connectivity index (χ1) is 16.3. The summed E-state index contributed by atoms with van der Waals surface area (Å²) < 4.78 is -1.11. The van der Waals surface area contributed by atoms with Gasteiger partial charge in [0.25, 0.3) is 5.91 Å². The van der Waals surface area contributed by atoms with Gasteiger partial charge < -0.3 is 0 Å². The van der Waals surface area contributed by atoms with Crippen LogP contribution in [-0.4, -0.2) is 28.3 Å². The Bertz CT molecular complexity index is 1270. The minimum Gasteiger partial charge on any atom is -0.273 e. The van der Waals surface area contributed by atoms with Crippen molar-refractivity contribution in [2.45, 2.75) is 35.2 Å². The van der Waals surface area contributed by atoms with Crippen LogP contribution in [-0.2, 0) is 19.8 Å². The number of hydrogen-bond donors (Lipinski definition) is 0. The summed E-state index contributed by atoms with van der Waals surface area (Å²) >= 11 is 13.7. The lowest BCUT2D eigenvalue weighted by Crippen LogP contribution is -2.49. The average Bonchev–Trinajstić information content (AvgIpc) is 3.12. The van der Waals surface area contributed by atoms with Crippen LogP contribution in [0.15, 0.2) is 84.9 Å². The Morgan fingerprint density at radius 3 is 2.00 bits per heavy atom. The highest BCUT2D eigenvalue weighted by molar-refractivity contribution is 6.52. The van der Waals surface area contributed by atoms with Crippen LogP contribution in [0.5, 0.6) is 0 Å². The van der Waals surface area contributed by atoms with E-state index in [9.17, 15) is 9.59 Å². The number of alkyl halides is 2. The monoisotopic (exact) mass is 492 g/mol. The number of imide groups is 1. The van der Waals surface area contributed by atoms with Gasteiger partial charge in [-0.15, -0.1) is 23.2 Å². The fourth-order valence-corrected chi connectivity index (χ4v) is 6.37. The van der Waals surface area contributed by atoms with Crippen molar-refractivity contribution in [3.8, 4) is 0 Å². The van der Waals surface area contributed by atoms with E-state index in [2.05, 4.69) is 0 Å². The number of anilines is 2. The highest BCUT2D eigenvalue weighted by Crippen LogP contribution is 2.70. The topological polar surface area (TPSA) is 49.9 Å². The number of hydrogen-bond acceptors (Lipinski definition) is 4. The van der Waals surface area contributed by atoms with Gasteiger partial charge in [-0.2, -0.15) is 0 Å². The van der Waals surface area contributed by atoms with Gasteiger partial charge in [-0.1, -0.05) is 66.2 Å². The van der Waals surface area contributed by atoms with E-state index in [0.29, 0.717) is 12.1 Å². The second kappa shape index (κ2) is 7.57. The Labute approximate surface area is 207 Å². The van der Waals surface area contributed by atoms with E-state index in [1.807, 2.05) is 67.6 Å². The second-order valence-electron chi connectivity index (χ2n) is 9.22. The van der Waals surface area contributed by atoms with Crippen molar-refractivity contribution in [1.29, 1.82) is 0 Å². The summed E-state index contributed by atoms with van der Waals surface area (Å²) in [5, 5.41) is 1.70. The van der Waals surface area contributed by atoms with Crippen LogP contribution in [0, 0.1) is 12.8 Å². The molecule has 5 nitrogen and oxygen atoms in total. The molecule has 0 N–H and O–H groups in total. The van der Waals surface area contributed by atoms with Gasteiger partial charge in [-0.3, -0.25) is 14.4 Å². The van der Waals surface area contributed by atoms with Gasteiger partial charge in [0.2, 0.25) is 5.91 Å². The van der Waals surface area contributed by atoms with E-state index < -0.39 is 27.8 Å². The highest BCUT2D eigenvalue weighted by atomic mass is 35.5. The van der Waals surface area contributed by atoms with Crippen molar-refractivity contribution >= 4 is 46.4 Å². The van der Waals surface area contributed by atoms with E-state index in [4.69, 9.17) is 28.0 Å². The maximum absolute atomic E-state index is 13.9. The Kier molecular flexibility index (Phi) is 4.82. The maximum atomic E-state index is 13.9. The molecule has 3 fully saturated rings. The quantitative estimate of drug-likeness (QED) is 0.371. The zero-order valence-electron chi connectivity index (χ0n) is 18.4. The molecule has 3 aromatic carbocycles. The van der Waals surface area contributed by atoms with E-state index in [1.54, 1.807) is 29.3 Å². The Hall–Kier alpha value is -2.86. The Balaban J connectivity index is 1.50. The molecule has 4 atom stereocenters. The predicted octanol–water partition coefficient (Wildman–Crippen LogP) is 5.19. The first kappa shape index (κ1) is 21.7. The third-order valence-corrected chi connectivity index (χ3v) is 8.18. The summed E-state index contributed by atoms with van der Waals surface area (Å²) in [6, 6.07) is 25.9. The molecule has 172 valence electrons. The van der Waals surface area contributed by atoms with Crippen molar-refractivity contribution in [2.75, 3.05) is 9.96 Å². The van der Waals surface area contributed by atoms with E-state index in [1.165, 1.54) is 4.90 Å². The molecule has 2 aliphatic heterocycles. The first-order valence-electron chi connectivity index (χ1n) is 11.2. The number of para-hydroxylation sites is 1. The summed E-state index contributed by atoms with van der Waals surface area (Å²) in [5.74, 6) is -1.43. The van der Waals surface area contributed by atoms with Crippen LogP contribution in [0.3, 0.4) is 0 Å². The molecule has 2 amide bonds. The number of carbonyl (C=O) groups excluding carboxylic acids is 2. The number of hydroxylamine groups is 1. The van der Waals surface area contributed by atoms with E-state index in [-0.39, 0.29) is 11.8 Å². The molecule has 2 heterocycles. The third-order valence-electron chi connectivity index (χ3n) is 7.24. The molecule has 1 aliphatic carbocycles. The molecule has 0 spiro atoms. The summed E-state index contributed by atoms with van der Waals surface area (Å²) in [6.07, 6.45) is -0.510. The molecule has 7 heteroatoms. The number of aryl methyl sites for hydroxylation is 1. The molecule has 0 aromatic heterocycles. The summed E-state index contributed by atoms with van der Waals surface area (Å²) in [5.41, 5.74) is 2.51. The lowest BCUT2D eigenvalue weighted by atomic mass is 9.79. The second-order valence-corrected chi connectivity index (χ2v) is 10.7. The normalized spacial score (nSPS) is 29.4. The lowest BCUT2D eigenvalue weighted by Gasteiger charge is -2.35. The molecule has 2 saturated heterocycles. The fourth-order valence-electron chi connectivity index (χ4n) is 5.51. The van der Waals surface area contributed by atoms with Crippen LogP contribution < -0.4 is 9.96 Å². The molecular formula is C27H22Cl2N2O3. The number of benzene rings is 3. The van der Waals surface area contributed by atoms with Crippen molar-refractivity contribution < 1.29 is 14.4 Å². The van der Waals surface area contributed by atoms with Gasteiger partial charge in [-0.25, -0.2) is 9.96 Å². The molecule has 6 rings (SSSR count). The summed E-state index contributed by atoms with van der Waals surface area (Å²) in [6.45, 7) is 2.00. The number of nitrogens with zero attached hydrogens (tertiary/aromatic N) is 2. The predicted molar refractivity (Wildman–Crippen MR) is 132 cm³/mol. The van der Waals surface area contributed by atoms with E-state index in [0.717, 1.165) is 16.8 Å². The van der Waals surface area contributed by atoms with Gasteiger partial charge in [0, 0.05) is 0 Å². The Morgan fingerprint density at radius 1 is 0.824 bits per heavy atom. The summed E-state index contributed by atoms with van der Waals surface area (Å²) in [7, 11) is 0. The number of carbonyl (C=O) groups is 2. The lowest BCUT2D eigenvalue weighted by molar-refractivity contribution is -0.126. The van der Waals surface area contributed by atoms with Crippen molar-refractivity contribution in [2.24, 2.45) is 5.92 Å². The maximum Gasteiger partial charge on any atom is 0.266 e. The zero-order valence-corrected chi connectivity index (χ0v) is 19.9. The van der Waals surface area contributed by atoms with Gasteiger partial charge in [0.15, 0.2) is 6.10 Å². The van der Waals surface area contributed by atoms with Gasteiger partial charge in [0.1, 0.15) is 10.3 Å². The number of fused-ring (bicyclic) bond motifs is 1. The van der Waals surface area contributed by atoms with Crippen LogP contribution in [0.1, 0.15) is 17.5 Å². The minimum absolute atomic E-state index is 0.299. The largest absolute Gasteiger partial charge is 0.273 e.